The van der Waals surface area contributed by atoms with Gasteiger partial charge in [0.1, 0.15) is 0 Å². The van der Waals surface area contributed by atoms with Crippen molar-refractivity contribution in [1.82, 2.24) is 0 Å². The first-order chi connectivity index (χ1) is 6.97. The van der Waals surface area contributed by atoms with Crippen molar-refractivity contribution in [1.29, 1.82) is 0 Å². The molecule has 0 saturated carbocycles. The second-order valence-corrected chi connectivity index (χ2v) is 2.88. The molecule has 80 valence electrons. The lowest BCUT2D eigenvalue weighted by Gasteiger charge is -2.09. The maximum Gasteiger partial charge on any atom is 0.272 e. The number of nitrogens with two attached hydrogens (primary N) is 1. The van der Waals surface area contributed by atoms with E-state index in [4.69, 9.17) is 5.73 Å². The van der Waals surface area contributed by atoms with Crippen LogP contribution >= 0.6 is 0 Å². The lowest BCUT2D eigenvalue weighted by Crippen LogP contribution is -2.08. The molecule has 0 amide bonds. The van der Waals surface area contributed by atoms with E-state index < -0.39 is 28.2 Å². The summed E-state index contributed by atoms with van der Waals surface area (Å²) in [6.45, 7) is 3.35. The van der Waals surface area contributed by atoms with Crippen LogP contribution in [-0.2, 0) is 0 Å². The molecule has 0 unspecified atom stereocenters. The highest BCUT2D eigenvalue weighted by atomic mass is 19.1. The fraction of sp³-hybridized carbons (Fsp3) is 0.111. The molecule has 0 aliphatic heterocycles. The molecule has 1 aromatic rings. The number of hydrogen-bond acceptors (Lipinski definition) is 4. The number of non-ortho nitro benzene ring substituents is 1. The Morgan fingerprint density at radius 1 is 1.67 bits per heavy atom. The first kappa shape index (κ1) is 11.1. The number of hydrogen-bond donors (Lipinski definition) is 2. The number of nitrogens with zero attached hydrogens (tertiary/aromatic N) is 1. The monoisotopic (exact) mass is 212 g/mol. The van der Waals surface area contributed by atoms with E-state index in [9.17, 15) is 19.6 Å². The van der Waals surface area contributed by atoms with Crippen molar-refractivity contribution in [3.8, 4) is 5.75 Å². The van der Waals surface area contributed by atoms with E-state index in [1.807, 2.05) is 0 Å². The van der Waals surface area contributed by atoms with Crippen LogP contribution in [0.2, 0.25) is 0 Å². The van der Waals surface area contributed by atoms with Crippen molar-refractivity contribution in [2.45, 2.75) is 6.04 Å². The van der Waals surface area contributed by atoms with Gasteiger partial charge in [0.25, 0.3) is 5.69 Å². The summed E-state index contributed by atoms with van der Waals surface area (Å²) in [5, 5.41) is 19.7. The number of benzene rings is 1. The number of halogens is 1. The van der Waals surface area contributed by atoms with E-state index in [1.54, 1.807) is 0 Å². The lowest BCUT2D eigenvalue weighted by molar-refractivity contribution is -0.385. The van der Waals surface area contributed by atoms with Crippen LogP contribution in [0, 0.1) is 15.9 Å². The number of phenolic OH excluding ortho intramolecular Hbond substituents is 1. The van der Waals surface area contributed by atoms with E-state index in [-0.39, 0.29) is 5.56 Å². The molecule has 0 aliphatic carbocycles. The van der Waals surface area contributed by atoms with Crippen LogP contribution in [0.5, 0.6) is 5.75 Å². The zero-order valence-corrected chi connectivity index (χ0v) is 7.68. The molecule has 0 aliphatic rings. The highest BCUT2D eigenvalue weighted by Crippen LogP contribution is 2.30. The first-order valence-electron chi connectivity index (χ1n) is 4.02. The molecule has 0 radical (unpaired) electrons. The fourth-order valence-electron chi connectivity index (χ4n) is 1.09. The molecule has 1 aromatic carbocycles. The van der Waals surface area contributed by atoms with Gasteiger partial charge in [-0.2, -0.15) is 0 Å². The van der Waals surface area contributed by atoms with Gasteiger partial charge in [0.2, 0.25) is 0 Å². The Labute approximate surface area is 84.8 Å². The zero-order valence-electron chi connectivity index (χ0n) is 7.68. The molecule has 0 spiro atoms. The third kappa shape index (κ3) is 2.10. The summed E-state index contributed by atoms with van der Waals surface area (Å²) in [5.74, 6) is -1.76. The highest BCUT2D eigenvalue weighted by Gasteiger charge is 2.18. The minimum atomic E-state index is -1.07. The lowest BCUT2D eigenvalue weighted by atomic mass is 10.1. The largest absolute Gasteiger partial charge is 0.505 e. The summed E-state index contributed by atoms with van der Waals surface area (Å²) in [4.78, 5) is 9.66. The number of rotatable bonds is 3. The number of aromatic hydroxyl groups is 1. The quantitative estimate of drug-likeness (QED) is 0.452. The molecule has 0 bridgehead atoms. The second kappa shape index (κ2) is 4.05. The maximum atomic E-state index is 13.1. The van der Waals surface area contributed by atoms with Crippen LogP contribution in [0.1, 0.15) is 11.6 Å². The molecular weight excluding hydrogens is 203 g/mol. The van der Waals surface area contributed by atoms with Crippen LogP contribution in [0.25, 0.3) is 0 Å². The third-order valence-corrected chi connectivity index (χ3v) is 1.90. The molecule has 0 heterocycles. The molecule has 1 rings (SSSR count). The number of nitro groups is 1. The van der Waals surface area contributed by atoms with Crippen molar-refractivity contribution < 1.29 is 14.4 Å². The Kier molecular flexibility index (Phi) is 3.01. The smallest absolute Gasteiger partial charge is 0.272 e. The summed E-state index contributed by atoms with van der Waals surface area (Å²) < 4.78 is 13.1. The molecule has 5 nitrogen and oxygen atoms in total. The molecule has 0 aromatic heterocycles. The summed E-state index contributed by atoms with van der Waals surface area (Å²) in [6.07, 6.45) is 1.25. The van der Waals surface area contributed by atoms with Crippen LogP contribution in [0.4, 0.5) is 10.1 Å². The van der Waals surface area contributed by atoms with E-state index in [1.165, 1.54) is 6.08 Å². The van der Waals surface area contributed by atoms with Gasteiger partial charge in [0.15, 0.2) is 11.6 Å². The van der Waals surface area contributed by atoms with E-state index in [0.717, 1.165) is 6.07 Å². The topological polar surface area (TPSA) is 89.4 Å². The van der Waals surface area contributed by atoms with Gasteiger partial charge in [-0.05, 0) is 0 Å². The first-order valence-corrected chi connectivity index (χ1v) is 4.02. The Morgan fingerprint density at radius 2 is 2.27 bits per heavy atom. The molecule has 6 heteroatoms. The van der Waals surface area contributed by atoms with E-state index in [2.05, 4.69) is 6.58 Å². The van der Waals surface area contributed by atoms with Gasteiger partial charge in [-0.1, -0.05) is 6.08 Å². The van der Waals surface area contributed by atoms with Crippen LogP contribution in [-0.4, -0.2) is 10.0 Å². The summed E-state index contributed by atoms with van der Waals surface area (Å²) in [7, 11) is 0. The zero-order chi connectivity index (χ0) is 11.6. The van der Waals surface area contributed by atoms with Crippen LogP contribution in [0.15, 0.2) is 24.8 Å². The fourth-order valence-corrected chi connectivity index (χ4v) is 1.09. The van der Waals surface area contributed by atoms with Crippen LogP contribution < -0.4 is 5.73 Å². The predicted molar refractivity (Wildman–Crippen MR) is 51.8 cm³/mol. The van der Waals surface area contributed by atoms with E-state index >= 15 is 0 Å². The Bertz CT molecular complexity index is 420. The third-order valence-electron chi connectivity index (χ3n) is 1.90. The van der Waals surface area contributed by atoms with Crippen molar-refractivity contribution >= 4 is 5.69 Å². The predicted octanol–water partition coefficient (Wildman–Crippen LogP) is 1.63. The van der Waals surface area contributed by atoms with Gasteiger partial charge < -0.3 is 10.8 Å². The number of nitro benzene ring substituents is 1. The maximum absolute atomic E-state index is 13.1. The molecule has 0 saturated heterocycles. The van der Waals surface area contributed by atoms with Crippen LogP contribution in [0.3, 0.4) is 0 Å². The Balaban J connectivity index is 3.37. The molecule has 1 atom stereocenters. The van der Waals surface area contributed by atoms with Crippen molar-refractivity contribution in [2.75, 3.05) is 0 Å². The Hall–Kier alpha value is -1.95. The van der Waals surface area contributed by atoms with Crippen molar-refractivity contribution in [3.63, 3.8) is 0 Å². The van der Waals surface area contributed by atoms with Crippen molar-refractivity contribution in [2.24, 2.45) is 5.73 Å². The summed E-state index contributed by atoms with van der Waals surface area (Å²) >= 11 is 0. The highest BCUT2D eigenvalue weighted by molar-refractivity contribution is 5.46. The molecule has 0 fully saturated rings. The summed E-state index contributed by atoms with van der Waals surface area (Å²) in [6, 6.07) is 0.804. The molecular formula is C9H9FN2O3. The average Bonchev–Trinajstić information content (AvgIpc) is 2.20. The second-order valence-electron chi connectivity index (χ2n) is 2.88. The van der Waals surface area contributed by atoms with E-state index in [0.29, 0.717) is 6.07 Å². The standard InChI is InChI=1S/C9H9FN2O3/c1-2-8(11)6-3-5(12(14)15)4-7(10)9(6)13/h2-4,8,13H,1,11H2/t8-/m1/s1. The van der Waals surface area contributed by atoms with Gasteiger partial charge in [-0.15, -0.1) is 6.58 Å². The number of phenols is 1. The van der Waals surface area contributed by atoms with Crippen molar-refractivity contribution in [3.05, 3.63) is 46.3 Å². The minimum absolute atomic E-state index is 0.0586. The SMILES string of the molecule is C=C[C@@H](N)c1cc([N+](=O)[O-])cc(F)c1O. The van der Waals surface area contributed by atoms with Gasteiger partial charge in [0.05, 0.1) is 17.0 Å². The summed E-state index contributed by atoms with van der Waals surface area (Å²) in [5.41, 5.74) is 4.95. The average molecular weight is 212 g/mol. The van der Waals surface area contributed by atoms with Gasteiger partial charge in [-0.25, -0.2) is 4.39 Å². The molecule has 3 N–H and O–H groups in total. The normalized spacial score (nSPS) is 12.1. The minimum Gasteiger partial charge on any atom is -0.505 e. The van der Waals surface area contributed by atoms with Gasteiger partial charge in [-0.3, -0.25) is 10.1 Å². The molecule has 15 heavy (non-hydrogen) atoms. The van der Waals surface area contributed by atoms with Gasteiger partial charge in [0, 0.05) is 11.6 Å². The Morgan fingerprint density at radius 3 is 2.73 bits per heavy atom. The van der Waals surface area contributed by atoms with Gasteiger partial charge >= 0.3 is 0 Å².